The van der Waals surface area contributed by atoms with Crippen molar-refractivity contribution in [2.75, 3.05) is 37.6 Å². The van der Waals surface area contributed by atoms with Gasteiger partial charge in [-0.2, -0.15) is 0 Å². The van der Waals surface area contributed by atoms with Crippen molar-refractivity contribution in [3.63, 3.8) is 0 Å². The van der Waals surface area contributed by atoms with E-state index in [0.29, 0.717) is 60.9 Å². The van der Waals surface area contributed by atoms with Gasteiger partial charge in [0.2, 0.25) is 11.8 Å². The smallest absolute Gasteiger partial charge is 0.290 e. The van der Waals surface area contributed by atoms with E-state index in [9.17, 15) is 14.4 Å². The highest BCUT2D eigenvalue weighted by Crippen LogP contribution is 2.39. The van der Waals surface area contributed by atoms with Gasteiger partial charge in [-0.3, -0.25) is 19.2 Å². The van der Waals surface area contributed by atoms with E-state index in [1.54, 1.807) is 6.07 Å². The quantitative estimate of drug-likeness (QED) is 0.187. The Hall–Kier alpha value is -4.45. The van der Waals surface area contributed by atoms with Crippen LogP contribution in [0, 0.1) is 5.92 Å². The molecule has 244 valence electrons. The van der Waals surface area contributed by atoms with Crippen LogP contribution in [0.2, 0.25) is 5.02 Å². The number of aromatic amines is 1. The Balaban J connectivity index is 0.00000134. The van der Waals surface area contributed by atoms with Crippen LogP contribution < -0.4 is 15.8 Å². The molecule has 1 aromatic carbocycles. The second kappa shape index (κ2) is 14.3. The summed E-state index contributed by atoms with van der Waals surface area (Å²) in [6.07, 6.45) is 5.29. The number of rotatable bonds is 8. The number of H-pyrrole nitrogens is 1. The zero-order valence-corrected chi connectivity index (χ0v) is 26.8. The van der Waals surface area contributed by atoms with Gasteiger partial charge in [-0.15, -0.1) is 0 Å². The average molecular weight is 651 g/mol. The maximum Gasteiger partial charge on any atom is 0.290 e. The first-order valence-corrected chi connectivity index (χ1v) is 16.0. The van der Waals surface area contributed by atoms with Crippen molar-refractivity contribution in [3.05, 3.63) is 63.3 Å². The summed E-state index contributed by atoms with van der Waals surface area (Å²) in [6, 6.07) is 9.52. The van der Waals surface area contributed by atoms with E-state index < -0.39 is 0 Å². The maximum atomic E-state index is 13.0. The fourth-order valence-corrected chi connectivity index (χ4v) is 6.58. The number of carboxylic acid groups (broad SMARTS) is 1. The van der Waals surface area contributed by atoms with Crippen LogP contribution in [0.4, 0.5) is 5.82 Å². The van der Waals surface area contributed by atoms with Gasteiger partial charge in [0.1, 0.15) is 16.9 Å². The van der Waals surface area contributed by atoms with Crippen LogP contribution in [0.1, 0.15) is 57.3 Å². The average Bonchev–Trinajstić information content (AvgIpc) is 3.71. The number of benzene rings is 1. The maximum absolute atomic E-state index is 13.0. The summed E-state index contributed by atoms with van der Waals surface area (Å²) >= 11 is 6.16. The van der Waals surface area contributed by atoms with Gasteiger partial charge in [0.25, 0.3) is 12.0 Å². The molecule has 13 heteroatoms. The van der Waals surface area contributed by atoms with Gasteiger partial charge < -0.3 is 29.6 Å². The fraction of sp³-hybridized carbons (Fsp3) is 0.455. The predicted molar refractivity (Wildman–Crippen MR) is 175 cm³/mol. The zero-order valence-electron chi connectivity index (χ0n) is 26.1. The summed E-state index contributed by atoms with van der Waals surface area (Å²) in [4.78, 5) is 63.0. The summed E-state index contributed by atoms with van der Waals surface area (Å²) in [7, 11) is 0. The number of hydrogen-bond donors (Lipinski definition) is 3. The van der Waals surface area contributed by atoms with Crippen LogP contribution in [-0.2, 0) is 26.2 Å². The second-order valence-corrected chi connectivity index (χ2v) is 12.6. The molecule has 2 unspecified atom stereocenters. The first-order valence-electron chi connectivity index (χ1n) is 15.6. The Bertz CT molecular complexity index is 1780. The molecule has 2 amide bonds. The lowest BCUT2D eigenvalue weighted by Gasteiger charge is -2.44. The van der Waals surface area contributed by atoms with Crippen molar-refractivity contribution in [1.29, 1.82) is 0 Å². The van der Waals surface area contributed by atoms with Crippen molar-refractivity contribution in [2.45, 2.75) is 57.8 Å². The highest BCUT2D eigenvalue weighted by Gasteiger charge is 2.40. The van der Waals surface area contributed by atoms with Crippen molar-refractivity contribution in [1.82, 2.24) is 25.2 Å². The van der Waals surface area contributed by atoms with Crippen LogP contribution in [0.25, 0.3) is 22.1 Å². The number of para-hydroxylation sites is 1. The molecule has 2 aliphatic heterocycles. The van der Waals surface area contributed by atoms with Crippen LogP contribution >= 0.6 is 11.6 Å². The number of likely N-dealkylation sites (tertiary alicyclic amines) is 1. The van der Waals surface area contributed by atoms with Gasteiger partial charge in [-0.05, 0) is 49.8 Å². The van der Waals surface area contributed by atoms with Gasteiger partial charge >= 0.3 is 0 Å². The van der Waals surface area contributed by atoms with E-state index in [-0.39, 0.29) is 41.6 Å². The van der Waals surface area contributed by atoms with E-state index in [1.807, 2.05) is 29.2 Å². The van der Waals surface area contributed by atoms with E-state index in [4.69, 9.17) is 35.9 Å². The topological polar surface area (TPSA) is 162 Å². The minimum atomic E-state index is -0.369. The third-order valence-electron chi connectivity index (χ3n) is 9.18. The molecule has 0 saturated carbocycles. The zero-order chi connectivity index (χ0) is 32.8. The standard InChI is InChI=1S/C32H37ClN6O4.CH2O2/c1-20-19-39(15-11-32(20,2)23-16-21(33)18-35-31(23)42)27(41)10-7-12-34-26(40)17-25-36-28-22-8-3-4-9-24(22)43-29(28)30(37-25)38-13-5-6-14-38;2-1-3/h3-4,8-9,16,18,20H,5-7,10-15,17,19H2,1-2H3,(H,34,40)(H,35,42);1H,(H,2,3). The number of carbonyl (C=O) groups excluding carboxylic acids is 2. The molecule has 5 heterocycles. The molecule has 3 N–H and O–H groups in total. The Labute approximate surface area is 271 Å². The number of fused-ring (bicyclic) bond motifs is 3. The number of nitrogens with zero attached hydrogens (tertiary/aromatic N) is 4. The molecule has 3 aromatic heterocycles. The lowest BCUT2D eigenvalue weighted by atomic mass is 9.68. The Morgan fingerprint density at radius 3 is 2.70 bits per heavy atom. The number of aromatic nitrogens is 3. The van der Waals surface area contributed by atoms with E-state index >= 15 is 0 Å². The lowest BCUT2D eigenvalue weighted by molar-refractivity contribution is -0.134. The summed E-state index contributed by atoms with van der Waals surface area (Å²) < 4.78 is 6.13. The third-order valence-corrected chi connectivity index (χ3v) is 9.40. The molecule has 2 atom stereocenters. The monoisotopic (exact) mass is 650 g/mol. The highest BCUT2D eigenvalue weighted by molar-refractivity contribution is 6.30. The van der Waals surface area contributed by atoms with Gasteiger partial charge in [0.15, 0.2) is 11.4 Å². The first kappa shape index (κ1) is 32.9. The fourth-order valence-electron chi connectivity index (χ4n) is 6.42. The summed E-state index contributed by atoms with van der Waals surface area (Å²) in [6.45, 7) is 7.21. The van der Waals surface area contributed by atoms with Crippen LogP contribution in [-0.4, -0.2) is 76.0 Å². The van der Waals surface area contributed by atoms with E-state index in [1.165, 1.54) is 6.20 Å². The molecule has 12 nitrogen and oxygen atoms in total. The van der Waals surface area contributed by atoms with Crippen LogP contribution in [0.5, 0.6) is 0 Å². The number of furan rings is 1. The van der Waals surface area contributed by atoms with Gasteiger partial charge in [0.05, 0.1) is 11.4 Å². The number of amides is 2. The van der Waals surface area contributed by atoms with Gasteiger partial charge in [-0.25, -0.2) is 9.97 Å². The summed E-state index contributed by atoms with van der Waals surface area (Å²) in [5.41, 5.74) is 2.31. The Morgan fingerprint density at radius 1 is 1.22 bits per heavy atom. The minimum absolute atomic E-state index is 0.0507. The molecule has 0 bridgehead atoms. The van der Waals surface area contributed by atoms with Crippen molar-refractivity contribution in [2.24, 2.45) is 5.92 Å². The van der Waals surface area contributed by atoms with Gasteiger partial charge in [-0.1, -0.05) is 37.6 Å². The molecule has 0 radical (unpaired) electrons. The molecule has 46 heavy (non-hydrogen) atoms. The Morgan fingerprint density at radius 2 is 1.96 bits per heavy atom. The number of hydrogen-bond acceptors (Lipinski definition) is 8. The van der Waals surface area contributed by atoms with Crippen molar-refractivity contribution < 1.29 is 23.9 Å². The molecule has 6 rings (SSSR count). The SMILES string of the molecule is CC1CN(C(=O)CCCNC(=O)Cc2nc(N3CCCC3)c3oc4ccccc4c3n2)CCC1(C)c1cc(Cl)c[nH]c1=O.O=CO. The molecular formula is C33H39ClN6O6. The third kappa shape index (κ3) is 7.01. The lowest BCUT2D eigenvalue weighted by Crippen LogP contribution is -2.51. The second-order valence-electron chi connectivity index (χ2n) is 12.1. The molecular weight excluding hydrogens is 612 g/mol. The molecule has 2 aliphatic rings. The molecule has 2 fully saturated rings. The van der Waals surface area contributed by atoms with Crippen LogP contribution in [0.3, 0.4) is 0 Å². The number of pyridine rings is 1. The molecule has 0 spiro atoms. The van der Waals surface area contributed by atoms with Crippen molar-refractivity contribution in [3.8, 4) is 0 Å². The van der Waals surface area contributed by atoms with Gasteiger partial charge in [0, 0.05) is 61.7 Å². The van der Waals surface area contributed by atoms with Crippen LogP contribution in [0.15, 0.2) is 45.7 Å². The number of halogens is 1. The number of nitrogens with one attached hydrogen (secondary N) is 2. The largest absolute Gasteiger partial charge is 0.483 e. The summed E-state index contributed by atoms with van der Waals surface area (Å²) in [5.74, 6) is 1.16. The number of carbonyl (C=O) groups is 3. The van der Waals surface area contributed by atoms with E-state index in [2.05, 4.69) is 29.0 Å². The predicted octanol–water partition coefficient (Wildman–Crippen LogP) is 4.28. The Kier molecular flexibility index (Phi) is 10.3. The van der Waals surface area contributed by atoms with Crippen molar-refractivity contribution >= 4 is 57.8 Å². The number of anilines is 1. The first-order chi connectivity index (χ1) is 22.1. The summed E-state index contributed by atoms with van der Waals surface area (Å²) in [5, 5.41) is 11.2. The molecule has 2 saturated heterocycles. The minimum Gasteiger partial charge on any atom is -0.483 e. The highest BCUT2D eigenvalue weighted by atomic mass is 35.5. The number of piperidine rings is 1. The normalized spacial score (nSPS) is 19.6. The molecule has 0 aliphatic carbocycles. The van der Waals surface area contributed by atoms with E-state index in [0.717, 1.165) is 48.2 Å². The molecule has 4 aromatic rings.